The minimum atomic E-state index is -0.323. The van der Waals surface area contributed by atoms with Gasteiger partial charge in [0.1, 0.15) is 6.29 Å². The molecule has 0 spiro atoms. The predicted octanol–water partition coefficient (Wildman–Crippen LogP) is 3.80. The van der Waals surface area contributed by atoms with Gasteiger partial charge in [0.05, 0.1) is 12.1 Å². The lowest BCUT2D eigenvalue weighted by atomic mass is 10.1. The molecule has 0 heterocycles. The summed E-state index contributed by atoms with van der Waals surface area (Å²) >= 11 is 6.08. The lowest BCUT2D eigenvalue weighted by Crippen LogP contribution is -2.20. The average molecular weight is 348 g/mol. The van der Waals surface area contributed by atoms with Crippen molar-refractivity contribution < 1.29 is 19.1 Å². The van der Waals surface area contributed by atoms with Gasteiger partial charge in [0, 0.05) is 11.3 Å². The number of methoxy groups -OCH3 is 1. The summed E-state index contributed by atoms with van der Waals surface area (Å²) in [5.74, 6) is 0.194. The van der Waals surface area contributed by atoms with Gasteiger partial charge in [0.25, 0.3) is 5.91 Å². The SMILES string of the molecule is COc1cc(C=O)cc(Cl)c1OCC(=O)Nc1ccc(C)c(C)c1. The molecule has 2 rings (SSSR count). The van der Waals surface area contributed by atoms with Gasteiger partial charge in [-0.2, -0.15) is 0 Å². The molecule has 24 heavy (non-hydrogen) atoms. The van der Waals surface area contributed by atoms with Gasteiger partial charge >= 0.3 is 0 Å². The van der Waals surface area contributed by atoms with Gasteiger partial charge in [-0.1, -0.05) is 17.7 Å². The van der Waals surface area contributed by atoms with Crippen LogP contribution in [0.5, 0.6) is 11.5 Å². The predicted molar refractivity (Wildman–Crippen MR) is 93.4 cm³/mol. The van der Waals surface area contributed by atoms with Gasteiger partial charge in [-0.15, -0.1) is 0 Å². The minimum absolute atomic E-state index is 0.204. The molecule has 1 N–H and O–H groups in total. The van der Waals surface area contributed by atoms with Gasteiger partial charge < -0.3 is 14.8 Å². The molecule has 0 aliphatic heterocycles. The van der Waals surface area contributed by atoms with Crippen molar-refractivity contribution >= 4 is 29.5 Å². The molecule has 0 saturated heterocycles. The number of amides is 1. The van der Waals surface area contributed by atoms with Crippen molar-refractivity contribution in [2.24, 2.45) is 0 Å². The van der Waals surface area contributed by atoms with Gasteiger partial charge in [-0.3, -0.25) is 9.59 Å². The molecule has 0 saturated carbocycles. The summed E-state index contributed by atoms with van der Waals surface area (Å²) in [6.07, 6.45) is 0.657. The van der Waals surface area contributed by atoms with Crippen LogP contribution in [0.3, 0.4) is 0 Å². The third kappa shape index (κ3) is 4.26. The number of hydrogen-bond donors (Lipinski definition) is 1. The van der Waals surface area contributed by atoms with Crippen molar-refractivity contribution in [1.82, 2.24) is 0 Å². The van der Waals surface area contributed by atoms with E-state index in [1.165, 1.54) is 19.2 Å². The Balaban J connectivity index is 2.06. The van der Waals surface area contributed by atoms with E-state index in [0.29, 0.717) is 23.3 Å². The first-order valence-corrected chi connectivity index (χ1v) is 7.65. The van der Waals surface area contributed by atoms with Crippen LogP contribution < -0.4 is 14.8 Å². The van der Waals surface area contributed by atoms with Crippen molar-refractivity contribution in [1.29, 1.82) is 0 Å². The minimum Gasteiger partial charge on any atom is -0.493 e. The summed E-state index contributed by atoms with van der Waals surface area (Å²) in [5, 5.41) is 2.96. The van der Waals surface area contributed by atoms with Crippen molar-refractivity contribution in [2.45, 2.75) is 13.8 Å². The molecule has 0 aromatic heterocycles. The van der Waals surface area contributed by atoms with E-state index in [0.717, 1.165) is 11.1 Å². The van der Waals surface area contributed by atoms with Crippen molar-refractivity contribution in [2.75, 3.05) is 19.0 Å². The van der Waals surface area contributed by atoms with Gasteiger partial charge in [-0.25, -0.2) is 0 Å². The number of hydrogen-bond acceptors (Lipinski definition) is 4. The Hall–Kier alpha value is -2.53. The van der Waals surface area contributed by atoms with Crippen molar-refractivity contribution in [3.8, 4) is 11.5 Å². The van der Waals surface area contributed by atoms with Crippen molar-refractivity contribution in [3.05, 3.63) is 52.0 Å². The largest absolute Gasteiger partial charge is 0.493 e. The molecular formula is C18H18ClNO4. The third-order valence-corrected chi connectivity index (χ3v) is 3.81. The third-order valence-electron chi connectivity index (χ3n) is 3.53. The maximum atomic E-state index is 12.0. The number of halogens is 1. The molecule has 0 atom stereocenters. The topological polar surface area (TPSA) is 64.6 Å². The zero-order valence-electron chi connectivity index (χ0n) is 13.7. The highest BCUT2D eigenvalue weighted by atomic mass is 35.5. The second-order valence-corrected chi connectivity index (χ2v) is 5.70. The average Bonchev–Trinajstić information content (AvgIpc) is 2.56. The van der Waals surface area contributed by atoms with E-state index in [2.05, 4.69) is 5.32 Å². The number of aldehydes is 1. The second-order valence-electron chi connectivity index (χ2n) is 5.29. The van der Waals surface area contributed by atoms with Crippen LogP contribution in [0.4, 0.5) is 5.69 Å². The lowest BCUT2D eigenvalue weighted by molar-refractivity contribution is -0.118. The summed E-state index contributed by atoms with van der Waals surface area (Å²) in [7, 11) is 1.43. The summed E-state index contributed by atoms with van der Waals surface area (Å²) in [6.45, 7) is 3.74. The van der Waals surface area contributed by atoms with E-state index in [4.69, 9.17) is 21.1 Å². The molecule has 1 amide bonds. The van der Waals surface area contributed by atoms with Crippen LogP contribution in [-0.2, 0) is 4.79 Å². The first-order chi connectivity index (χ1) is 11.4. The molecule has 0 aliphatic rings. The Morgan fingerprint density at radius 2 is 1.96 bits per heavy atom. The Kier molecular flexibility index (Phi) is 5.82. The number of ether oxygens (including phenoxy) is 2. The Bertz CT molecular complexity index is 774. The highest BCUT2D eigenvalue weighted by Gasteiger charge is 2.14. The molecule has 0 bridgehead atoms. The van der Waals surface area contributed by atoms with Crippen molar-refractivity contribution in [3.63, 3.8) is 0 Å². The zero-order valence-corrected chi connectivity index (χ0v) is 14.4. The van der Waals surface area contributed by atoms with Crippen LogP contribution in [0.25, 0.3) is 0 Å². The number of carbonyl (C=O) groups is 2. The fourth-order valence-electron chi connectivity index (χ4n) is 2.10. The number of carbonyl (C=O) groups excluding carboxylic acids is 2. The van der Waals surface area contributed by atoms with E-state index in [9.17, 15) is 9.59 Å². The molecule has 0 fully saturated rings. The highest BCUT2D eigenvalue weighted by Crippen LogP contribution is 2.36. The summed E-state index contributed by atoms with van der Waals surface area (Å²) in [5.41, 5.74) is 3.30. The summed E-state index contributed by atoms with van der Waals surface area (Å²) < 4.78 is 10.6. The fourth-order valence-corrected chi connectivity index (χ4v) is 2.38. The maximum Gasteiger partial charge on any atom is 0.262 e. The number of rotatable bonds is 6. The first-order valence-electron chi connectivity index (χ1n) is 7.27. The summed E-state index contributed by atoms with van der Waals surface area (Å²) in [4.78, 5) is 22.9. The molecule has 0 aliphatic carbocycles. The number of nitrogens with one attached hydrogen (secondary N) is 1. The quantitative estimate of drug-likeness (QED) is 0.807. The highest BCUT2D eigenvalue weighted by molar-refractivity contribution is 6.32. The Morgan fingerprint density at radius 3 is 2.58 bits per heavy atom. The van der Waals surface area contributed by atoms with Crippen LogP contribution in [0.15, 0.2) is 30.3 Å². The maximum absolute atomic E-state index is 12.0. The first kappa shape index (κ1) is 17.8. The van der Waals surface area contributed by atoms with Crippen LogP contribution >= 0.6 is 11.6 Å². The second kappa shape index (κ2) is 7.84. The zero-order chi connectivity index (χ0) is 17.7. The lowest BCUT2D eigenvalue weighted by Gasteiger charge is -2.13. The molecule has 2 aromatic rings. The van der Waals surface area contributed by atoms with E-state index in [1.807, 2.05) is 32.0 Å². The molecule has 0 unspecified atom stereocenters. The molecule has 5 nitrogen and oxygen atoms in total. The summed E-state index contributed by atoms with van der Waals surface area (Å²) in [6, 6.07) is 8.60. The Morgan fingerprint density at radius 1 is 1.21 bits per heavy atom. The van der Waals surface area contributed by atoms with E-state index >= 15 is 0 Å². The van der Waals surface area contributed by atoms with Crippen LogP contribution in [0, 0.1) is 13.8 Å². The van der Waals surface area contributed by atoms with Gasteiger partial charge in [0.15, 0.2) is 18.1 Å². The van der Waals surface area contributed by atoms with Gasteiger partial charge in [0.2, 0.25) is 0 Å². The van der Waals surface area contributed by atoms with Crippen LogP contribution in [-0.4, -0.2) is 25.9 Å². The molecule has 6 heteroatoms. The molecule has 126 valence electrons. The Labute approximate surface area is 145 Å². The van der Waals surface area contributed by atoms with Crippen LogP contribution in [0.2, 0.25) is 5.02 Å². The molecular weight excluding hydrogens is 330 g/mol. The number of aryl methyl sites for hydroxylation is 2. The smallest absolute Gasteiger partial charge is 0.262 e. The number of benzene rings is 2. The van der Waals surface area contributed by atoms with E-state index < -0.39 is 0 Å². The van der Waals surface area contributed by atoms with Gasteiger partial charge in [-0.05, 0) is 49.2 Å². The van der Waals surface area contributed by atoms with Crippen LogP contribution in [0.1, 0.15) is 21.5 Å². The normalized spacial score (nSPS) is 10.2. The van der Waals surface area contributed by atoms with E-state index in [-0.39, 0.29) is 23.3 Å². The molecule has 0 radical (unpaired) electrons. The van der Waals surface area contributed by atoms with E-state index in [1.54, 1.807) is 0 Å². The number of anilines is 1. The monoisotopic (exact) mass is 347 g/mol. The standard InChI is InChI=1S/C18H18ClNO4/c1-11-4-5-14(6-12(11)2)20-17(22)10-24-18-15(19)7-13(9-21)8-16(18)23-3/h4-9H,10H2,1-3H3,(H,20,22). The molecule has 2 aromatic carbocycles. The fraction of sp³-hybridized carbons (Fsp3) is 0.222.